The molecule has 0 radical (unpaired) electrons. The molecular weight excluding hydrogens is 386 g/mol. The third kappa shape index (κ3) is 21.0. The van der Waals surface area contributed by atoms with E-state index in [-0.39, 0.29) is 0 Å². The molecule has 32 heavy (non-hydrogen) atoms. The fraction of sp³-hybridized carbons (Fsp3) is 0.806. The lowest BCUT2D eigenvalue weighted by Crippen LogP contribution is -2.12. The Balaban J connectivity index is 1.65. The molecule has 0 saturated heterocycles. The number of nitrogens with zero attached hydrogens (tertiary/aromatic N) is 1. The van der Waals surface area contributed by atoms with Crippen molar-refractivity contribution in [2.24, 2.45) is 0 Å². The first-order chi connectivity index (χ1) is 15.8. The van der Waals surface area contributed by atoms with Gasteiger partial charge in [-0.15, -0.1) is 0 Å². The van der Waals surface area contributed by atoms with Crippen LogP contribution in [0.25, 0.3) is 0 Å². The Kier molecular flexibility index (Phi) is 21.3. The van der Waals surface area contributed by atoms with Crippen molar-refractivity contribution in [3.8, 4) is 0 Å². The van der Waals surface area contributed by atoms with Gasteiger partial charge in [-0.3, -0.25) is 0 Å². The minimum Gasteiger partial charge on any atom is -0.309 e. The van der Waals surface area contributed by atoms with Gasteiger partial charge in [0.15, 0.2) is 0 Å². The van der Waals surface area contributed by atoms with Crippen LogP contribution in [0.3, 0.4) is 0 Å². The van der Waals surface area contributed by atoms with Crippen molar-refractivity contribution in [3.05, 3.63) is 35.9 Å². The van der Waals surface area contributed by atoms with Crippen LogP contribution in [0.2, 0.25) is 0 Å². The number of benzene rings is 1. The second-order valence-corrected chi connectivity index (χ2v) is 10.5. The Morgan fingerprint density at radius 1 is 0.406 bits per heavy atom. The quantitative estimate of drug-likeness (QED) is 0.144. The largest absolute Gasteiger partial charge is 0.309 e. The van der Waals surface area contributed by atoms with Crippen LogP contribution in [0.4, 0.5) is 0 Å². The molecular formula is C31H57N. The molecule has 0 saturated carbocycles. The monoisotopic (exact) mass is 443 g/mol. The molecule has 1 aromatic rings. The normalized spacial score (nSPS) is 11.5. The van der Waals surface area contributed by atoms with E-state index in [1.54, 1.807) is 0 Å². The molecule has 0 aliphatic carbocycles. The van der Waals surface area contributed by atoms with Crippen molar-refractivity contribution in [3.63, 3.8) is 0 Å². The van der Waals surface area contributed by atoms with Gasteiger partial charge in [-0.05, 0) is 45.5 Å². The summed E-state index contributed by atoms with van der Waals surface area (Å²) in [5, 5.41) is 0. The molecule has 1 rings (SSSR count). The van der Waals surface area contributed by atoms with Crippen molar-refractivity contribution in [1.29, 1.82) is 0 Å². The van der Waals surface area contributed by atoms with E-state index in [0.29, 0.717) is 0 Å². The summed E-state index contributed by atoms with van der Waals surface area (Å²) < 4.78 is 0. The summed E-state index contributed by atoms with van der Waals surface area (Å²) in [6.07, 6.45) is 31.8. The van der Waals surface area contributed by atoms with Crippen LogP contribution >= 0.6 is 0 Å². The second-order valence-electron chi connectivity index (χ2n) is 10.5. The fourth-order valence-corrected chi connectivity index (χ4v) is 4.76. The number of rotatable bonds is 24. The Morgan fingerprint density at radius 2 is 0.719 bits per heavy atom. The summed E-state index contributed by atoms with van der Waals surface area (Å²) in [4.78, 5) is 2.30. The minimum atomic E-state index is 1.26. The van der Waals surface area contributed by atoms with E-state index < -0.39 is 0 Å². The van der Waals surface area contributed by atoms with Gasteiger partial charge in [0.1, 0.15) is 0 Å². The molecule has 0 atom stereocenters. The number of hydrogen-bond donors (Lipinski definition) is 0. The molecule has 0 bridgehead atoms. The molecule has 1 heteroatoms. The second kappa shape index (κ2) is 23.3. The Labute approximate surface area is 202 Å². The Morgan fingerprint density at radius 3 is 1.06 bits per heavy atom. The van der Waals surface area contributed by atoms with Crippen LogP contribution in [0.1, 0.15) is 140 Å². The first-order valence-corrected chi connectivity index (χ1v) is 14.5. The maximum Gasteiger partial charge on any atom is -0.00248 e. The number of aryl methyl sites for hydroxylation is 1. The highest BCUT2D eigenvalue weighted by Gasteiger charge is 1.97. The molecule has 0 aromatic heterocycles. The predicted molar refractivity (Wildman–Crippen MR) is 146 cm³/mol. The minimum absolute atomic E-state index is 1.26. The Bertz CT molecular complexity index is 467. The van der Waals surface area contributed by atoms with Crippen LogP contribution in [0.5, 0.6) is 0 Å². The molecule has 0 aliphatic heterocycles. The highest BCUT2D eigenvalue weighted by atomic mass is 15.0. The maximum atomic E-state index is 2.30. The summed E-state index contributed by atoms with van der Waals surface area (Å²) in [6, 6.07) is 11.0. The first-order valence-electron chi connectivity index (χ1n) is 14.5. The van der Waals surface area contributed by atoms with Gasteiger partial charge in [-0.2, -0.15) is 0 Å². The zero-order chi connectivity index (χ0) is 23.0. The van der Waals surface area contributed by atoms with Gasteiger partial charge in [-0.25, -0.2) is 0 Å². The smallest absolute Gasteiger partial charge is 0.00248 e. The lowest BCUT2D eigenvalue weighted by Gasteiger charge is -2.08. The molecule has 0 spiro atoms. The lowest BCUT2D eigenvalue weighted by atomic mass is 10.0. The molecule has 0 heterocycles. The van der Waals surface area contributed by atoms with E-state index in [9.17, 15) is 0 Å². The molecule has 1 aromatic carbocycles. The molecule has 0 aliphatic rings. The molecule has 1 nitrogen and oxygen atoms in total. The SMILES string of the molecule is CN(C)CCCCCCCCCCCCCCCCCCCCCCCc1ccccc1. The Hall–Kier alpha value is -0.820. The molecule has 0 amide bonds. The summed E-state index contributed by atoms with van der Waals surface area (Å²) in [5.74, 6) is 0. The first kappa shape index (κ1) is 29.2. The van der Waals surface area contributed by atoms with Gasteiger partial charge in [0, 0.05) is 0 Å². The maximum absolute atomic E-state index is 2.30. The van der Waals surface area contributed by atoms with Gasteiger partial charge < -0.3 is 4.90 Å². The third-order valence-electron chi connectivity index (χ3n) is 6.91. The third-order valence-corrected chi connectivity index (χ3v) is 6.91. The van der Waals surface area contributed by atoms with Crippen LogP contribution < -0.4 is 0 Å². The van der Waals surface area contributed by atoms with Crippen molar-refractivity contribution in [2.45, 2.75) is 141 Å². The standard InChI is InChI=1S/C31H57N/c1-32(2)30-26-21-19-17-15-13-11-9-7-5-3-4-6-8-10-12-14-16-18-20-23-27-31-28-24-22-25-29-31/h22,24-25,28-29H,3-21,23,26-27,30H2,1-2H3. The van der Waals surface area contributed by atoms with Crippen LogP contribution in [0.15, 0.2) is 30.3 Å². The highest BCUT2D eigenvalue weighted by molar-refractivity contribution is 5.14. The average molecular weight is 444 g/mol. The van der Waals surface area contributed by atoms with Gasteiger partial charge in [0.2, 0.25) is 0 Å². The summed E-state index contributed by atoms with van der Waals surface area (Å²) in [7, 11) is 4.36. The van der Waals surface area contributed by atoms with Gasteiger partial charge >= 0.3 is 0 Å². The zero-order valence-electron chi connectivity index (χ0n) is 22.1. The van der Waals surface area contributed by atoms with Crippen LogP contribution in [-0.2, 0) is 6.42 Å². The lowest BCUT2D eigenvalue weighted by molar-refractivity contribution is 0.389. The molecule has 0 unspecified atom stereocenters. The van der Waals surface area contributed by atoms with Crippen LogP contribution in [0, 0.1) is 0 Å². The number of hydrogen-bond acceptors (Lipinski definition) is 1. The average Bonchev–Trinajstić information content (AvgIpc) is 2.80. The fourth-order valence-electron chi connectivity index (χ4n) is 4.76. The zero-order valence-corrected chi connectivity index (χ0v) is 22.1. The van der Waals surface area contributed by atoms with Gasteiger partial charge in [0.05, 0.1) is 0 Å². The van der Waals surface area contributed by atoms with E-state index in [4.69, 9.17) is 0 Å². The summed E-state index contributed by atoms with van der Waals surface area (Å²) in [6.45, 7) is 1.26. The van der Waals surface area contributed by atoms with Gasteiger partial charge in [-0.1, -0.05) is 152 Å². The molecule has 0 N–H and O–H groups in total. The number of unbranched alkanes of at least 4 members (excludes halogenated alkanes) is 20. The van der Waals surface area contributed by atoms with Crippen LogP contribution in [-0.4, -0.2) is 25.5 Å². The van der Waals surface area contributed by atoms with E-state index in [0.717, 1.165) is 0 Å². The summed E-state index contributed by atoms with van der Waals surface area (Å²) in [5.41, 5.74) is 1.50. The van der Waals surface area contributed by atoms with Crippen molar-refractivity contribution >= 4 is 0 Å². The van der Waals surface area contributed by atoms with E-state index in [1.807, 2.05) is 0 Å². The van der Waals surface area contributed by atoms with E-state index in [2.05, 4.69) is 49.3 Å². The van der Waals surface area contributed by atoms with E-state index in [1.165, 1.54) is 153 Å². The molecule has 0 fully saturated rings. The van der Waals surface area contributed by atoms with E-state index >= 15 is 0 Å². The van der Waals surface area contributed by atoms with Crippen molar-refractivity contribution in [1.82, 2.24) is 4.90 Å². The topological polar surface area (TPSA) is 3.24 Å². The van der Waals surface area contributed by atoms with Crippen molar-refractivity contribution in [2.75, 3.05) is 20.6 Å². The highest BCUT2D eigenvalue weighted by Crippen LogP contribution is 2.15. The predicted octanol–water partition coefficient (Wildman–Crippen LogP) is 9.98. The van der Waals surface area contributed by atoms with Gasteiger partial charge in [0.25, 0.3) is 0 Å². The molecule has 186 valence electrons. The van der Waals surface area contributed by atoms with Crippen molar-refractivity contribution < 1.29 is 0 Å². The summed E-state index contributed by atoms with van der Waals surface area (Å²) >= 11 is 0.